The average Bonchev–Trinajstić information content (AvgIpc) is 3.54. The summed E-state index contributed by atoms with van der Waals surface area (Å²) >= 11 is 0. The molecule has 0 unspecified atom stereocenters. The molecule has 2 heteroatoms. The van der Waals surface area contributed by atoms with Crippen LogP contribution in [-0.4, -0.2) is 10.1 Å². The van der Waals surface area contributed by atoms with Crippen molar-refractivity contribution in [2.45, 2.75) is 38.6 Å². The van der Waals surface area contributed by atoms with Crippen molar-refractivity contribution in [2.75, 3.05) is 4.90 Å². The van der Waals surface area contributed by atoms with E-state index in [2.05, 4.69) is 195 Å². The van der Waals surface area contributed by atoms with Crippen LogP contribution in [0.1, 0.15) is 33.3 Å². The van der Waals surface area contributed by atoms with Crippen LogP contribution in [-0.2, 0) is 5.41 Å². The Bertz CT molecular complexity index is 2490. The zero-order valence-corrected chi connectivity index (χ0v) is 27.9. The van der Waals surface area contributed by atoms with Gasteiger partial charge in [-0.25, -0.2) is 0 Å². The Kier molecular flexibility index (Phi) is 6.23. The van der Waals surface area contributed by atoms with E-state index >= 15 is 0 Å². The van der Waals surface area contributed by atoms with Gasteiger partial charge in [0.1, 0.15) is 0 Å². The molecule has 0 spiro atoms. The third kappa shape index (κ3) is 4.12. The molecule has 1 aliphatic rings. The van der Waals surface area contributed by atoms with Crippen LogP contribution in [0.4, 0.5) is 11.4 Å². The molecule has 0 fully saturated rings. The summed E-state index contributed by atoms with van der Waals surface area (Å²) < 4.78 is 2.40. The first-order chi connectivity index (χ1) is 23.3. The second-order valence-corrected chi connectivity index (χ2v) is 14.2. The first kappa shape index (κ1) is 28.6. The lowest BCUT2D eigenvalue weighted by Crippen LogP contribution is -2.48. The first-order valence-electron chi connectivity index (χ1n) is 16.9. The minimum atomic E-state index is -0.0582. The quantitative estimate of drug-likeness (QED) is 0.190. The van der Waals surface area contributed by atoms with Crippen LogP contribution in [0.5, 0.6) is 0 Å². The zero-order chi connectivity index (χ0) is 32.6. The molecule has 7 aromatic carbocycles. The van der Waals surface area contributed by atoms with E-state index in [9.17, 15) is 0 Å². The van der Waals surface area contributed by atoms with Gasteiger partial charge in [0.2, 0.25) is 0 Å². The molecule has 0 bridgehead atoms. The van der Waals surface area contributed by atoms with Gasteiger partial charge in [-0.1, -0.05) is 123 Å². The van der Waals surface area contributed by atoms with Gasteiger partial charge >= 0.3 is 0 Å². The Morgan fingerprint density at radius 1 is 0.438 bits per heavy atom. The molecule has 48 heavy (non-hydrogen) atoms. The highest BCUT2D eigenvalue weighted by Gasteiger charge is 2.51. The van der Waals surface area contributed by atoms with Crippen LogP contribution in [0.3, 0.4) is 0 Å². The van der Waals surface area contributed by atoms with Crippen LogP contribution >= 0.6 is 0 Å². The molecule has 0 atom stereocenters. The van der Waals surface area contributed by atoms with E-state index < -0.39 is 0 Å². The fraction of sp³-hybridized carbons (Fsp3) is 0.130. The van der Waals surface area contributed by atoms with Gasteiger partial charge in [-0.3, -0.25) is 0 Å². The van der Waals surface area contributed by atoms with Gasteiger partial charge in [0, 0.05) is 38.8 Å². The zero-order valence-electron chi connectivity index (χ0n) is 27.9. The Morgan fingerprint density at radius 2 is 1.04 bits per heavy atom. The number of aromatic nitrogens is 1. The second-order valence-electron chi connectivity index (χ2n) is 14.2. The molecule has 0 amide bonds. The minimum Gasteiger partial charge on any atom is -0.335 e. The maximum atomic E-state index is 2.52. The summed E-state index contributed by atoms with van der Waals surface area (Å²) in [4.78, 5) is 2.52. The highest BCUT2D eigenvalue weighted by atomic mass is 15.2. The summed E-state index contributed by atoms with van der Waals surface area (Å²) in [5, 5.41) is 5.16. The summed E-state index contributed by atoms with van der Waals surface area (Å²) in [5.74, 6) is 0. The lowest BCUT2D eigenvalue weighted by molar-refractivity contribution is 0.330. The molecule has 0 N–H and O–H groups in total. The summed E-state index contributed by atoms with van der Waals surface area (Å²) in [7, 11) is 0. The van der Waals surface area contributed by atoms with E-state index in [0.29, 0.717) is 0 Å². The van der Waals surface area contributed by atoms with Crippen LogP contribution in [0, 0.1) is 0 Å². The third-order valence-corrected chi connectivity index (χ3v) is 11.2. The largest absolute Gasteiger partial charge is 0.335 e. The fourth-order valence-electron chi connectivity index (χ4n) is 8.07. The molecular weight excluding hydrogens is 581 g/mol. The molecule has 0 saturated heterocycles. The summed E-state index contributed by atoms with van der Waals surface area (Å²) in [6.07, 6.45) is 0. The maximum Gasteiger partial charge on any atom is 0.0547 e. The standard InChI is InChI=1S/C46H38N2/c1-45(2)40-17-8-10-19-42(40)48(46(45,3)4)37-27-22-32(23-28-37)35-14-11-13-34(30-35)31-20-25-36(26-21-31)47-41-18-9-7-16-39(41)44-38-15-6-5-12-33(38)24-29-43(44)47/h5-30H,1-4H3. The van der Waals surface area contributed by atoms with E-state index in [4.69, 9.17) is 0 Å². The number of anilines is 2. The van der Waals surface area contributed by atoms with Crippen LogP contribution in [0.15, 0.2) is 158 Å². The molecule has 2 nitrogen and oxygen atoms in total. The normalized spacial score (nSPS) is 15.0. The van der Waals surface area contributed by atoms with Crippen molar-refractivity contribution in [2.24, 2.45) is 0 Å². The lowest BCUT2D eigenvalue weighted by Gasteiger charge is -2.42. The Hall–Kier alpha value is -5.60. The number of hydrogen-bond acceptors (Lipinski definition) is 1. The van der Waals surface area contributed by atoms with E-state index in [0.717, 1.165) is 0 Å². The maximum absolute atomic E-state index is 2.52. The van der Waals surface area contributed by atoms with Crippen molar-refractivity contribution in [1.29, 1.82) is 0 Å². The van der Waals surface area contributed by atoms with Crippen molar-refractivity contribution in [3.63, 3.8) is 0 Å². The van der Waals surface area contributed by atoms with Gasteiger partial charge in [-0.15, -0.1) is 0 Å². The molecule has 0 saturated carbocycles. The first-order valence-corrected chi connectivity index (χ1v) is 16.9. The number of fused-ring (bicyclic) bond motifs is 6. The molecule has 8 aromatic rings. The van der Waals surface area contributed by atoms with Crippen LogP contribution in [0.25, 0.3) is 60.5 Å². The van der Waals surface area contributed by atoms with Crippen LogP contribution in [0.2, 0.25) is 0 Å². The Balaban J connectivity index is 1.05. The van der Waals surface area contributed by atoms with Gasteiger partial charge in [0.25, 0.3) is 0 Å². The summed E-state index contributed by atoms with van der Waals surface area (Å²) in [5.41, 5.74) is 12.4. The number of para-hydroxylation sites is 2. The highest BCUT2D eigenvalue weighted by molar-refractivity contribution is 6.21. The molecule has 2 heterocycles. The molecule has 1 aromatic heterocycles. The number of hydrogen-bond donors (Lipinski definition) is 0. The molecule has 9 rings (SSSR count). The lowest BCUT2D eigenvalue weighted by atomic mass is 9.72. The summed E-state index contributed by atoms with van der Waals surface area (Å²) in [6.45, 7) is 9.45. The van der Waals surface area contributed by atoms with Gasteiger partial charge < -0.3 is 9.47 Å². The molecule has 0 radical (unpaired) electrons. The fourth-order valence-corrected chi connectivity index (χ4v) is 8.07. The van der Waals surface area contributed by atoms with Crippen molar-refractivity contribution in [3.8, 4) is 27.9 Å². The molecule has 232 valence electrons. The number of benzene rings is 7. The van der Waals surface area contributed by atoms with Gasteiger partial charge in [-0.05, 0) is 101 Å². The second kappa shape index (κ2) is 10.5. The summed E-state index contributed by atoms with van der Waals surface area (Å²) in [6, 6.07) is 57.9. The van der Waals surface area contributed by atoms with Crippen molar-refractivity contribution in [1.82, 2.24) is 4.57 Å². The third-order valence-electron chi connectivity index (χ3n) is 11.2. The molecular formula is C46H38N2. The SMILES string of the molecule is CC1(C)c2ccccc2N(c2ccc(-c3cccc(-c4ccc(-n5c6ccccc6c6c7ccccc7ccc65)cc4)c3)cc2)C1(C)C. The predicted molar refractivity (Wildman–Crippen MR) is 205 cm³/mol. The Labute approximate surface area is 282 Å². The highest BCUT2D eigenvalue weighted by Crippen LogP contribution is 2.54. The molecule has 1 aliphatic heterocycles. The smallest absolute Gasteiger partial charge is 0.0547 e. The van der Waals surface area contributed by atoms with Crippen molar-refractivity contribution >= 4 is 44.0 Å². The topological polar surface area (TPSA) is 8.17 Å². The Morgan fingerprint density at radius 3 is 1.77 bits per heavy atom. The predicted octanol–water partition coefficient (Wildman–Crippen LogP) is 12.5. The van der Waals surface area contributed by atoms with E-state index in [-0.39, 0.29) is 11.0 Å². The average molecular weight is 619 g/mol. The van der Waals surface area contributed by atoms with Crippen molar-refractivity contribution in [3.05, 3.63) is 163 Å². The van der Waals surface area contributed by atoms with E-state index in [1.54, 1.807) is 0 Å². The monoisotopic (exact) mass is 618 g/mol. The van der Waals surface area contributed by atoms with Gasteiger partial charge in [0.05, 0.1) is 11.0 Å². The molecule has 0 aliphatic carbocycles. The van der Waals surface area contributed by atoms with E-state index in [1.165, 1.54) is 77.5 Å². The number of rotatable bonds is 4. The van der Waals surface area contributed by atoms with Crippen LogP contribution < -0.4 is 4.90 Å². The minimum absolute atomic E-state index is 0.0298. The number of nitrogens with zero attached hydrogens (tertiary/aromatic N) is 2. The van der Waals surface area contributed by atoms with Crippen molar-refractivity contribution < 1.29 is 0 Å². The van der Waals surface area contributed by atoms with Gasteiger partial charge in [0.15, 0.2) is 0 Å². The van der Waals surface area contributed by atoms with Gasteiger partial charge in [-0.2, -0.15) is 0 Å². The van der Waals surface area contributed by atoms with E-state index in [1.807, 2.05) is 0 Å².